The van der Waals surface area contributed by atoms with E-state index in [1.54, 1.807) is 0 Å². The highest BCUT2D eigenvalue weighted by molar-refractivity contribution is 7.10. The Hall–Kier alpha value is -1.16. The summed E-state index contributed by atoms with van der Waals surface area (Å²) in [6.45, 7) is 6.20. The van der Waals surface area contributed by atoms with E-state index in [0.717, 1.165) is 32.6 Å². The van der Waals surface area contributed by atoms with Crippen molar-refractivity contribution in [3.63, 3.8) is 0 Å². The molecule has 2 aromatic rings. The molecular formula is C16H20N2S. The third-order valence-electron chi connectivity index (χ3n) is 3.73. The zero-order valence-corrected chi connectivity index (χ0v) is 12.1. The highest BCUT2D eigenvalue weighted by Gasteiger charge is 2.09. The lowest BCUT2D eigenvalue weighted by Crippen LogP contribution is -2.12. The van der Waals surface area contributed by atoms with Crippen molar-refractivity contribution in [1.29, 1.82) is 0 Å². The second-order valence-corrected chi connectivity index (χ2v) is 6.03. The van der Waals surface area contributed by atoms with Gasteiger partial charge in [-0.25, -0.2) is 0 Å². The van der Waals surface area contributed by atoms with Crippen molar-refractivity contribution >= 4 is 11.3 Å². The van der Waals surface area contributed by atoms with Crippen molar-refractivity contribution in [2.45, 2.75) is 39.5 Å². The quantitative estimate of drug-likeness (QED) is 0.873. The first kappa shape index (κ1) is 12.9. The van der Waals surface area contributed by atoms with E-state index in [1.165, 1.54) is 27.1 Å². The molecule has 1 aliphatic heterocycles. The molecule has 0 aliphatic carbocycles. The predicted octanol–water partition coefficient (Wildman–Crippen LogP) is 3.20. The van der Waals surface area contributed by atoms with Crippen molar-refractivity contribution in [1.82, 2.24) is 10.6 Å². The van der Waals surface area contributed by atoms with Gasteiger partial charge in [-0.2, -0.15) is 0 Å². The molecule has 1 aromatic carbocycles. The molecule has 1 aromatic heterocycles. The number of benzene rings is 1. The summed E-state index contributed by atoms with van der Waals surface area (Å²) in [5, 5.41) is 9.14. The molecule has 0 saturated carbocycles. The maximum atomic E-state index is 3.56. The standard InChI is InChI=1S/C16H20N2S/c1-2-13-5-6-19-16(13)11-17-8-12-3-4-14-9-18-10-15(14)7-12/h3-7,17-18H,2,8-11H2,1H3. The molecule has 0 radical (unpaired) electrons. The van der Waals surface area contributed by atoms with Crippen molar-refractivity contribution in [2.24, 2.45) is 0 Å². The lowest BCUT2D eigenvalue weighted by Gasteiger charge is -2.07. The Morgan fingerprint density at radius 3 is 2.95 bits per heavy atom. The number of hydrogen-bond acceptors (Lipinski definition) is 3. The molecule has 0 bridgehead atoms. The summed E-state index contributed by atoms with van der Waals surface area (Å²) in [6, 6.07) is 9.07. The number of fused-ring (bicyclic) bond motifs is 1. The van der Waals surface area contributed by atoms with Crippen LogP contribution in [-0.4, -0.2) is 0 Å². The van der Waals surface area contributed by atoms with E-state index in [-0.39, 0.29) is 0 Å². The predicted molar refractivity (Wildman–Crippen MR) is 81.2 cm³/mol. The average molecular weight is 272 g/mol. The van der Waals surface area contributed by atoms with Crippen LogP contribution in [0.25, 0.3) is 0 Å². The minimum absolute atomic E-state index is 0.953. The zero-order chi connectivity index (χ0) is 13.1. The van der Waals surface area contributed by atoms with E-state index in [0.29, 0.717) is 0 Å². The van der Waals surface area contributed by atoms with Gasteiger partial charge in [-0.1, -0.05) is 25.1 Å². The summed E-state index contributed by atoms with van der Waals surface area (Å²) in [5.41, 5.74) is 5.78. The fourth-order valence-electron chi connectivity index (χ4n) is 2.62. The lowest BCUT2D eigenvalue weighted by molar-refractivity contribution is 0.696. The van der Waals surface area contributed by atoms with Crippen LogP contribution in [0.5, 0.6) is 0 Å². The lowest BCUT2D eigenvalue weighted by atomic mass is 10.1. The molecule has 0 atom stereocenters. The van der Waals surface area contributed by atoms with Crippen LogP contribution < -0.4 is 10.6 Å². The van der Waals surface area contributed by atoms with E-state index in [2.05, 4.69) is 47.2 Å². The molecule has 100 valence electrons. The molecule has 2 nitrogen and oxygen atoms in total. The van der Waals surface area contributed by atoms with Crippen LogP contribution in [0.15, 0.2) is 29.6 Å². The highest BCUT2D eigenvalue weighted by Crippen LogP contribution is 2.19. The molecule has 0 saturated heterocycles. The van der Waals surface area contributed by atoms with Gasteiger partial charge < -0.3 is 10.6 Å². The van der Waals surface area contributed by atoms with Crippen LogP contribution in [0.1, 0.15) is 34.1 Å². The molecule has 2 heterocycles. The molecule has 0 amide bonds. The van der Waals surface area contributed by atoms with Gasteiger partial charge in [0.05, 0.1) is 0 Å². The van der Waals surface area contributed by atoms with Crippen LogP contribution in [0.2, 0.25) is 0 Å². The Bertz CT molecular complexity index is 560. The van der Waals surface area contributed by atoms with Gasteiger partial charge >= 0.3 is 0 Å². The van der Waals surface area contributed by atoms with E-state index in [1.807, 2.05) is 11.3 Å². The SMILES string of the molecule is CCc1ccsc1CNCc1ccc2c(c1)CNC2. The van der Waals surface area contributed by atoms with Crippen molar-refractivity contribution < 1.29 is 0 Å². The first-order chi connectivity index (χ1) is 9.36. The molecular weight excluding hydrogens is 252 g/mol. The number of thiophene rings is 1. The van der Waals surface area contributed by atoms with Crippen LogP contribution in [0.4, 0.5) is 0 Å². The highest BCUT2D eigenvalue weighted by atomic mass is 32.1. The van der Waals surface area contributed by atoms with Gasteiger partial charge in [0.25, 0.3) is 0 Å². The fraction of sp³-hybridized carbons (Fsp3) is 0.375. The average Bonchev–Trinajstić information content (AvgIpc) is 3.06. The second-order valence-electron chi connectivity index (χ2n) is 5.03. The Morgan fingerprint density at radius 2 is 2.05 bits per heavy atom. The number of hydrogen-bond donors (Lipinski definition) is 2. The van der Waals surface area contributed by atoms with Crippen LogP contribution in [-0.2, 0) is 32.6 Å². The van der Waals surface area contributed by atoms with Crippen LogP contribution in [0.3, 0.4) is 0 Å². The fourth-order valence-corrected chi connectivity index (χ4v) is 3.56. The minimum atomic E-state index is 0.953. The van der Waals surface area contributed by atoms with E-state index < -0.39 is 0 Å². The monoisotopic (exact) mass is 272 g/mol. The maximum absolute atomic E-state index is 3.56. The smallest absolute Gasteiger partial charge is 0.0305 e. The van der Waals surface area contributed by atoms with Gasteiger partial charge in [0.2, 0.25) is 0 Å². The van der Waals surface area contributed by atoms with Gasteiger partial charge in [-0.05, 0) is 40.1 Å². The first-order valence-corrected chi connectivity index (χ1v) is 7.82. The summed E-state index contributed by atoms with van der Waals surface area (Å²) in [6.07, 6.45) is 1.13. The van der Waals surface area contributed by atoms with E-state index in [9.17, 15) is 0 Å². The topological polar surface area (TPSA) is 24.1 Å². The van der Waals surface area contributed by atoms with Gasteiger partial charge in [0.1, 0.15) is 0 Å². The molecule has 0 spiro atoms. The Balaban J connectivity index is 1.58. The van der Waals surface area contributed by atoms with Crippen molar-refractivity contribution in [2.75, 3.05) is 0 Å². The minimum Gasteiger partial charge on any atom is -0.309 e. The van der Waals surface area contributed by atoms with Gasteiger partial charge in [-0.15, -0.1) is 11.3 Å². The summed E-state index contributed by atoms with van der Waals surface area (Å²) < 4.78 is 0. The molecule has 19 heavy (non-hydrogen) atoms. The third-order valence-corrected chi connectivity index (χ3v) is 4.70. The molecule has 0 unspecified atom stereocenters. The van der Waals surface area contributed by atoms with Gasteiger partial charge in [-0.3, -0.25) is 0 Å². The summed E-state index contributed by atoms with van der Waals surface area (Å²) in [7, 11) is 0. The van der Waals surface area contributed by atoms with Crippen LogP contribution >= 0.6 is 11.3 Å². The van der Waals surface area contributed by atoms with Crippen molar-refractivity contribution in [3.05, 3.63) is 56.8 Å². The molecule has 3 heteroatoms. The largest absolute Gasteiger partial charge is 0.309 e. The third kappa shape index (κ3) is 2.89. The number of aryl methyl sites for hydroxylation is 1. The maximum Gasteiger partial charge on any atom is 0.0305 e. The molecule has 0 fully saturated rings. The summed E-state index contributed by atoms with van der Waals surface area (Å²) in [4.78, 5) is 1.48. The zero-order valence-electron chi connectivity index (χ0n) is 11.3. The normalized spacial score (nSPS) is 13.7. The number of nitrogens with one attached hydrogen (secondary N) is 2. The molecule has 2 N–H and O–H groups in total. The summed E-state index contributed by atoms with van der Waals surface area (Å²) >= 11 is 1.86. The van der Waals surface area contributed by atoms with Crippen LogP contribution in [0, 0.1) is 0 Å². The van der Waals surface area contributed by atoms with Gasteiger partial charge in [0, 0.05) is 31.1 Å². The van der Waals surface area contributed by atoms with Gasteiger partial charge in [0.15, 0.2) is 0 Å². The molecule has 3 rings (SSSR count). The van der Waals surface area contributed by atoms with E-state index in [4.69, 9.17) is 0 Å². The Labute approximate surface area is 118 Å². The van der Waals surface area contributed by atoms with E-state index >= 15 is 0 Å². The summed E-state index contributed by atoms with van der Waals surface area (Å²) in [5.74, 6) is 0. The number of rotatable bonds is 5. The Kier molecular flexibility index (Phi) is 3.97. The second kappa shape index (κ2) is 5.87. The molecule has 1 aliphatic rings. The van der Waals surface area contributed by atoms with Crippen molar-refractivity contribution in [3.8, 4) is 0 Å². The first-order valence-electron chi connectivity index (χ1n) is 6.94. The Morgan fingerprint density at radius 1 is 1.16 bits per heavy atom.